The zero-order valence-corrected chi connectivity index (χ0v) is 12.0. The summed E-state index contributed by atoms with van der Waals surface area (Å²) in [5, 5.41) is 14.8. The molecule has 0 atom stereocenters. The summed E-state index contributed by atoms with van der Waals surface area (Å²) in [6, 6.07) is 4.05. The van der Waals surface area contributed by atoms with E-state index in [-0.39, 0.29) is 15.8 Å². The number of phenols is 1. The zero-order chi connectivity index (χ0) is 14.7. The normalized spacial score (nSPS) is 10.2. The number of pyridine rings is 1. The molecule has 0 unspecified atom stereocenters. The van der Waals surface area contributed by atoms with Crippen LogP contribution in [0.1, 0.15) is 5.56 Å². The molecule has 0 aliphatic heterocycles. The van der Waals surface area contributed by atoms with E-state index in [9.17, 15) is 9.90 Å². The van der Waals surface area contributed by atoms with Crippen molar-refractivity contribution < 1.29 is 9.90 Å². The van der Waals surface area contributed by atoms with Crippen molar-refractivity contribution in [1.82, 2.24) is 4.98 Å². The monoisotopic (exact) mass is 311 g/mol. The van der Waals surface area contributed by atoms with Gasteiger partial charge in [-0.25, -0.2) is 4.79 Å². The average Bonchev–Trinajstić information content (AvgIpc) is 2.38. The molecule has 1 aromatic carbocycles. The predicted octanol–water partition coefficient (Wildman–Crippen LogP) is 4.05. The Hall–Kier alpha value is -1.98. The van der Waals surface area contributed by atoms with E-state index >= 15 is 0 Å². The first kappa shape index (κ1) is 14.4. The number of benzene rings is 1. The number of anilines is 2. The van der Waals surface area contributed by atoms with Gasteiger partial charge < -0.3 is 15.7 Å². The molecule has 0 saturated heterocycles. The van der Waals surface area contributed by atoms with Crippen molar-refractivity contribution in [3.05, 3.63) is 46.2 Å². The van der Waals surface area contributed by atoms with Gasteiger partial charge in [-0.2, -0.15) is 0 Å². The van der Waals surface area contributed by atoms with Crippen molar-refractivity contribution in [2.45, 2.75) is 6.92 Å². The molecule has 0 bridgehead atoms. The summed E-state index contributed by atoms with van der Waals surface area (Å²) in [7, 11) is 0. The molecule has 0 aliphatic carbocycles. The highest BCUT2D eigenvalue weighted by Gasteiger charge is 2.09. The number of halogens is 2. The summed E-state index contributed by atoms with van der Waals surface area (Å²) in [5.74, 6) is -0.218. The Morgan fingerprint density at radius 3 is 2.50 bits per heavy atom. The van der Waals surface area contributed by atoms with E-state index in [2.05, 4.69) is 15.6 Å². The first-order valence-corrected chi connectivity index (χ1v) is 6.39. The second-order valence-electron chi connectivity index (χ2n) is 4.06. The van der Waals surface area contributed by atoms with E-state index in [1.807, 2.05) is 6.92 Å². The molecule has 0 saturated carbocycles. The number of nitrogens with one attached hydrogen (secondary N) is 2. The Bertz CT molecular complexity index is 639. The van der Waals surface area contributed by atoms with Crippen LogP contribution in [0.3, 0.4) is 0 Å². The predicted molar refractivity (Wildman–Crippen MR) is 79.7 cm³/mol. The molecule has 0 radical (unpaired) electrons. The number of aromatic nitrogens is 1. The Balaban J connectivity index is 2.11. The third-order valence-electron chi connectivity index (χ3n) is 2.54. The first-order chi connectivity index (χ1) is 9.47. The Morgan fingerprint density at radius 2 is 1.90 bits per heavy atom. The van der Waals surface area contributed by atoms with E-state index in [1.54, 1.807) is 18.5 Å². The van der Waals surface area contributed by atoms with Crippen molar-refractivity contribution in [2.24, 2.45) is 0 Å². The lowest BCUT2D eigenvalue weighted by Crippen LogP contribution is -2.20. The van der Waals surface area contributed by atoms with Gasteiger partial charge in [0, 0.05) is 23.8 Å². The quantitative estimate of drug-likeness (QED) is 0.732. The molecule has 0 spiro atoms. The van der Waals surface area contributed by atoms with E-state index in [4.69, 9.17) is 23.2 Å². The fraction of sp³-hybridized carbons (Fsp3) is 0.0769. The average molecular weight is 312 g/mol. The third-order valence-corrected chi connectivity index (χ3v) is 3.12. The van der Waals surface area contributed by atoms with Crippen LogP contribution in [0.4, 0.5) is 16.2 Å². The van der Waals surface area contributed by atoms with Gasteiger partial charge in [0.2, 0.25) is 0 Å². The fourth-order valence-corrected chi connectivity index (χ4v) is 2.02. The SMILES string of the molecule is Cc1cnccc1NC(=O)Nc1cc(Cl)c(O)c(Cl)c1. The molecule has 2 rings (SSSR count). The minimum absolute atomic E-state index is 0.0629. The number of hydrogen-bond donors (Lipinski definition) is 3. The number of rotatable bonds is 2. The van der Waals surface area contributed by atoms with Gasteiger partial charge in [-0.15, -0.1) is 0 Å². The number of carbonyl (C=O) groups excluding carboxylic acids is 1. The summed E-state index contributed by atoms with van der Waals surface area (Å²) < 4.78 is 0. The molecule has 0 aliphatic rings. The summed E-state index contributed by atoms with van der Waals surface area (Å²) in [6.45, 7) is 1.83. The number of hydrogen-bond acceptors (Lipinski definition) is 3. The summed E-state index contributed by atoms with van der Waals surface area (Å²) in [4.78, 5) is 15.8. The number of phenolic OH excluding ortho intramolecular Hbond substituents is 1. The Morgan fingerprint density at radius 1 is 1.25 bits per heavy atom. The van der Waals surface area contributed by atoms with Gasteiger partial charge >= 0.3 is 6.03 Å². The van der Waals surface area contributed by atoms with Crippen molar-refractivity contribution in [1.29, 1.82) is 0 Å². The molecule has 1 aromatic heterocycles. The van der Waals surface area contributed by atoms with Gasteiger partial charge in [0.1, 0.15) is 0 Å². The van der Waals surface area contributed by atoms with Gasteiger partial charge in [-0.05, 0) is 30.7 Å². The maximum absolute atomic E-state index is 11.9. The highest BCUT2D eigenvalue weighted by Crippen LogP contribution is 2.34. The molecule has 2 amide bonds. The van der Waals surface area contributed by atoms with Crippen molar-refractivity contribution >= 4 is 40.6 Å². The molecule has 104 valence electrons. The molecule has 7 heteroatoms. The van der Waals surface area contributed by atoms with Gasteiger partial charge in [-0.1, -0.05) is 23.2 Å². The van der Waals surface area contributed by atoms with Crippen LogP contribution in [0, 0.1) is 6.92 Å². The molecule has 1 heterocycles. The summed E-state index contributed by atoms with van der Waals surface area (Å²) in [6.07, 6.45) is 3.22. The first-order valence-electron chi connectivity index (χ1n) is 5.64. The van der Waals surface area contributed by atoms with Crippen LogP contribution in [0.2, 0.25) is 10.0 Å². The number of aromatic hydroxyl groups is 1. The van der Waals surface area contributed by atoms with Gasteiger partial charge in [-0.3, -0.25) is 4.98 Å². The Labute approximate surface area is 125 Å². The van der Waals surface area contributed by atoms with E-state index in [0.717, 1.165) is 5.56 Å². The standard InChI is InChI=1S/C13H11Cl2N3O2/c1-7-6-16-3-2-11(7)18-13(20)17-8-4-9(14)12(19)10(15)5-8/h2-6,19H,1H3,(H2,16,17,18,20). The lowest BCUT2D eigenvalue weighted by molar-refractivity contribution is 0.262. The maximum atomic E-state index is 11.9. The summed E-state index contributed by atoms with van der Waals surface area (Å²) >= 11 is 11.5. The molecule has 5 nitrogen and oxygen atoms in total. The lowest BCUT2D eigenvalue weighted by Gasteiger charge is -2.10. The van der Waals surface area contributed by atoms with Crippen molar-refractivity contribution in [2.75, 3.05) is 10.6 Å². The number of urea groups is 1. The number of aryl methyl sites for hydroxylation is 1. The number of carbonyl (C=O) groups is 1. The topological polar surface area (TPSA) is 74.2 Å². The van der Waals surface area contributed by atoms with Crippen LogP contribution < -0.4 is 10.6 Å². The molecular weight excluding hydrogens is 301 g/mol. The van der Waals surface area contributed by atoms with Crippen molar-refractivity contribution in [3.8, 4) is 5.75 Å². The van der Waals surface area contributed by atoms with E-state index in [0.29, 0.717) is 11.4 Å². The van der Waals surface area contributed by atoms with Crippen LogP contribution in [-0.2, 0) is 0 Å². The maximum Gasteiger partial charge on any atom is 0.323 e. The van der Waals surface area contributed by atoms with Crippen LogP contribution in [0.15, 0.2) is 30.6 Å². The second-order valence-corrected chi connectivity index (χ2v) is 4.87. The van der Waals surface area contributed by atoms with E-state index in [1.165, 1.54) is 12.1 Å². The smallest absolute Gasteiger partial charge is 0.323 e. The van der Waals surface area contributed by atoms with Crippen molar-refractivity contribution in [3.63, 3.8) is 0 Å². The zero-order valence-electron chi connectivity index (χ0n) is 10.4. The van der Waals surface area contributed by atoms with Gasteiger partial charge in [0.05, 0.1) is 10.0 Å². The van der Waals surface area contributed by atoms with E-state index < -0.39 is 6.03 Å². The molecule has 20 heavy (non-hydrogen) atoms. The van der Waals surface area contributed by atoms with Gasteiger partial charge in [0.15, 0.2) is 5.75 Å². The lowest BCUT2D eigenvalue weighted by atomic mass is 10.2. The minimum atomic E-state index is -0.447. The van der Waals surface area contributed by atoms with Crippen LogP contribution in [0.5, 0.6) is 5.75 Å². The number of nitrogens with zero attached hydrogens (tertiary/aromatic N) is 1. The third kappa shape index (κ3) is 3.31. The van der Waals surface area contributed by atoms with Gasteiger partial charge in [0.25, 0.3) is 0 Å². The van der Waals surface area contributed by atoms with Crippen LogP contribution in [0.25, 0.3) is 0 Å². The summed E-state index contributed by atoms with van der Waals surface area (Å²) in [5.41, 5.74) is 1.86. The molecule has 2 aromatic rings. The second kappa shape index (κ2) is 5.98. The largest absolute Gasteiger partial charge is 0.505 e. The van der Waals surface area contributed by atoms with Crippen LogP contribution >= 0.6 is 23.2 Å². The molecule has 3 N–H and O–H groups in total. The highest BCUT2D eigenvalue weighted by atomic mass is 35.5. The fourth-order valence-electron chi connectivity index (χ4n) is 1.54. The highest BCUT2D eigenvalue weighted by molar-refractivity contribution is 6.37. The van der Waals surface area contributed by atoms with Crippen LogP contribution in [-0.4, -0.2) is 16.1 Å². The molecule has 0 fully saturated rings. The Kier molecular flexibility index (Phi) is 4.32. The molecular formula is C13H11Cl2N3O2. The number of amides is 2. The minimum Gasteiger partial charge on any atom is -0.505 e.